The lowest BCUT2D eigenvalue weighted by molar-refractivity contribution is 0.112. The van der Waals surface area contributed by atoms with Crippen LogP contribution in [-0.2, 0) is 0 Å². The number of rotatable bonds is 2. The van der Waals surface area contributed by atoms with E-state index in [1.807, 2.05) is 0 Å². The van der Waals surface area contributed by atoms with Crippen molar-refractivity contribution in [3.05, 3.63) is 58.6 Å². The van der Waals surface area contributed by atoms with Crippen molar-refractivity contribution < 1.29 is 13.6 Å². The van der Waals surface area contributed by atoms with Crippen LogP contribution in [0.15, 0.2) is 36.4 Å². The zero-order chi connectivity index (χ0) is 14.3. The average molecular weight is 292 g/mol. The summed E-state index contributed by atoms with van der Waals surface area (Å²) in [6.07, 6.45) is 0.566. The van der Waals surface area contributed by atoms with E-state index in [0.717, 1.165) is 0 Å². The van der Waals surface area contributed by atoms with Gasteiger partial charge in [-0.05, 0) is 18.2 Å². The average Bonchev–Trinajstić information content (AvgIpc) is 2.78. The molecule has 0 unspecified atom stereocenters. The minimum absolute atomic E-state index is 0.0619. The van der Waals surface area contributed by atoms with Crippen LogP contribution in [0.1, 0.15) is 10.4 Å². The van der Waals surface area contributed by atoms with E-state index in [2.05, 4.69) is 4.98 Å². The fraction of sp³-hybridized carbons (Fsp3) is 0. The number of benzene rings is 2. The Bertz CT molecular complexity index is 806. The number of hydrogen-bond donors (Lipinski definition) is 1. The SMILES string of the molecule is O=Cc1c(-c2c(F)cccc2Cl)[nH]c2c(F)cccc12. The normalized spacial score (nSPS) is 10.9. The maximum absolute atomic E-state index is 14.0. The van der Waals surface area contributed by atoms with Gasteiger partial charge in [0.15, 0.2) is 6.29 Å². The van der Waals surface area contributed by atoms with E-state index in [0.29, 0.717) is 11.7 Å². The van der Waals surface area contributed by atoms with E-state index in [9.17, 15) is 13.6 Å². The number of nitrogens with one attached hydrogen (secondary N) is 1. The lowest BCUT2D eigenvalue weighted by Gasteiger charge is -2.04. The van der Waals surface area contributed by atoms with Crippen molar-refractivity contribution >= 4 is 28.8 Å². The molecule has 0 saturated carbocycles. The fourth-order valence-corrected chi connectivity index (χ4v) is 2.52. The van der Waals surface area contributed by atoms with Crippen molar-refractivity contribution in [2.45, 2.75) is 0 Å². The molecule has 0 atom stereocenters. The third kappa shape index (κ3) is 1.80. The van der Waals surface area contributed by atoms with E-state index in [-0.39, 0.29) is 27.4 Å². The first-order chi connectivity index (χ1) is 9.63. The molecule has 3 rings (SSSR count). The van der Waals surface area contributed by atoms with Gasteiger partial charge in [-0.1, -0.05) is 29.8 Å². The van der Waals surface area contributed by atoms with Gasteiger partial charge in [0.1, 0.15) is 11.6 Å². The molecule has 0 spiro atoms. The van der Waals surface area contributed by atoms with Crippen LogP contribution < -0.4 is 0 Å². The van der Waals surface area contributed by atoms with Crippen molar-refractivity contribution in [2.75, 3.05) is 0 Å². The van der Waals surface area contributed by atoms with Crippen LogP contribution in [0.2, 0.25) is 5.02 Å². The maximum atomic E-state index is 14.0. The first-order valence-electron chi connectivity index (χ1n) is 5.83. The molecule has 1 heterocycles. The van der Waals surface area contributed by atoms with Gasteiger partial charge in [-0.15, -0.1) is 0 Å². The molecule has 5 heteroatoms. The molecule has 2 nitrogen and oxygen atoms in total. The number of para-hydroxylation sites is 1. The minimum atomic E-state index is -0.576. The van der Waals surface area contributed by atoms with Crippen LogP contribution in [0.5, 0.6) is 0 Å². The predicted octanol–water partition coefficient (Wildman–Crippen LogP) is 4.58. The van der Waals surface area contributed by atoms with E-state index in [4.69, 9.17) is 11.6 Å². The summed E-state index contributed by atoms with van der Waals surface area (Å²) in [4.78, 5) is 14.1. The van der Waals surface area contributed by atoms with E-state index in [1.54, 1.807) is 6.07 Å². The Kier molecular flexibility index (Phi) is 3.03. The van der Waals surface area contributed by atoms with Gasteiger partial charge in [-0.2, -0.15) is 0 Å². The minimum Gasteiger partial charge on any atom is -0.351 e. The Hall–Kier alpha value is -2.20. The summed E-state index contributed by atoms with van der Waals surface area (Å²) in [7, 11) is 0. The molecule has 0 radical (unpaired) electrons. The number of carbonyl (C=O) groups is 1. The summed E-state index contributed by atoms with van der Waals surface area (Å²) in [6.45, 7) is 0. The molecule has 1 aromatic heterocycles. The van der Waals surface area contributed by atoms with Gasteiger partial charge in [0.2, 0.25) is 0 Å². The summed E-state index contributed by atoms with van der Waals surface area (Å²) >= 11 is 5.99. The first-order valence-corrected chi connectivity index (χ1v) is 6.21. The Balaban J connectivity index is 2.43. The van der Waals surface area contributed by atoms with Gasteiger partial charge in [0.25, 0.3) is 0 Å². The molecule has 2 aromatic carbocycles. The van der Waals surface area contributed by atoms with Crippen molar-refractivity contribution in [3.63, 3.8) is 0 Å². The maximum Gasteiger partial charge on any atom is 0.152 e. The third-order valence-corrected chi connectivity index (χ3v) is 3.47. The summed E-state index contributed by atoms with van der Waals surface area (Å²) in [5, 5.41) is 0.550. The number of carbonyl (C=O) groups excluding carboxylic acids is 1. The fourth-order valence-electron chi connectivity index (χ4n) is 2.26. The highest BCUT2D eigenvalue weighted by Gasteiger charge is 2.19. The molecule has 0 bridgehead atoms. The molecule has 20 heavy (non-hydrogen) atoms. The molecule has 0 aliphatic carbocycles. The van der Waals surface area contributed by atoms with Crippen LogP contribution in [0.25, 0.3) is 22.2 Å². The van der Waals surface area contributed by atoms with Crippen molar-refractivity contribution in [1.82, 2.24) is 4.98 Å². The Morgan fingerprint density at radius 3 is 2.45 bits per heavy atom. The zero-order valence-electron chi connectivity index (χ0n) is 10.1. The zero-order valence-corrected chi connectivity index (χ0v) is 10.8. The standard InChI is InChI=1S/C15H8ClF2NO/c16-10-4-2-5-11(17)13(10)15-9(7-20)8-3-1-6-12(18)14(8)19-15/h1-7,19H. The molecule has 0 aliphatic rings. The lowest BCUT2D eigenvalue weighted by atomic mass is 10.1. The summed E-state index contributed by atoms with van der Waals surface area (Å²) in [5.74, 6) is -1.09. The smallest absolute Gasteiger partial charge is 0.152 e. The molecule has 0 fully saturated rings. The van der Waals surface area contributed by atoms with Crippen molar-refractivity contribution in [1.29, 1.82) is 0 Å². The number of halogens is 3. The van der Waals surface area contributed by atoms with Crippen LogP contribution in [0.4, 0.5) is 8.78 Å². The van der Waals surface area contributed by atoms with E-state index >= 15 is 0 Å². The van der Waals surface area contributed by atoms with Gasteiger partial charge in [-0.3, -0.25) is 4.79 Å². The number of fused-ring (bicyclic) bond motifs is 1. The largest absolute Gasteiger partial charge is 0.351 e. The van der Waals surface area contributed by atoms with Gasteiger partial charge < -0.3 is 4.98 Å². The van der Waals surface area contributed by atoms with Crippen LogP contribution >= 0.6 is 11.6 Å². The summed E-state index contributed by atoms with van der Waals surface area (Å²) < 4.78 is 27.7. The molecular formula is C15H8ClF2NO. The number of aldehydes is 1. The quantitative estimate of drug-likeness (QED) is 0.689. The summed E-state index contributed by atoms with van der Waals surface area (Å²) in [6, 6.07) is 8.56. The molecule has 1 N–H and O–H groups in total. The van der Waals surface area contributed by atoms with Gasteiger partial charge >= 0.3 is 0 Å². The molecule has 0 amide bonds. The lowest BCUT2D eigenvalue weighted by Crippen LogP contribution is -1.90. The monoisotopic (exact) mass is 291 g/mol. The predicted molar refractivity (Wildman–Crippen MR) is 74.0 cm³/mol. The topological polar surface area (TPSA) is 32.9 Å². The van der Waals surface area contributed by atoms with Gasteiger partial charge in [0.05, 0.1) is 21.8 Å². The highest BCUT2D eigenvalue weighted by Crippen LogP contribution is 2.35. The Morgan fingerprint density at radius 1 is 1.05 bits per heavy atom. The molecular weight excluding hydrogens is 284 g/mol. The van der Waals surface area contributed by atoms with Crippen molar-refractivity contribution in [2.24, 2.45) is 0 Å². The van der Waals surface area contributed by atoms with Crippen molar-refractivity contribution in [3.8, 4) is 11.3 Å². The highest BCUT2D eigenvalue weighted by atomic mass is 35.5. The van der Waals surface area contributed by atoms with Crippen LogP contribution in [0.3, 0.4) is 0 Å². The molecule has 3 aromatic rings. The number of H-pyrrole nitrogens is 1. The van der Waals surface area contributed by atoms with Crippen LogP contribution in [-0.4, -0.2) is 11.3 Å². The van der Waals surface area contributed by atoms with Gasteiger partial charge in [-0.25, -0.2) is 8.78 Å². The van der Waals surface area contributed by atoms with Crippen LogP contribution in [0, 0.1) is 11.6 Å². The molecule has 100 valence electrons. The Labute approximate surface area is 118 Å². The third-order valence-electron chi connectivity index (χ3n) is 3.15. The second-order valence-corrected chi connectivity index (χ2v) is 4.70. The summed E-state index contributed by atoms with van der Waals surface area (Å²) in [5.41, 5.74) is 0.588. The molecule has 0 saturated heterocycles. The second kappa shape index (κ2) is 4.72. The van der Waals surface area contributed by atoms with E-state index < -0.39 is 11.6 Å². The Morgan fingerprint density at radius 2 is 1.75 bits per heavy atom. The van der Waals surface area contributed by atoms with Gasteiger partial charge in [0, 0.05) is 10.9 Å². The highest BCUT2D eigenvalue weighted by molar-refractivity contribution is 6.33. The first kappa shape index (κ1) is 12.8. The molecule has 0 aliphatic heterocycles. The number of aromatic nitrogens is 1. The number of aromatic amines is 1. The second-order valence-electron chi connectivity index (χ2n) is 4.29. The number of hydrogen-bond acceptors (Lipinski definition) is 1. The van der Waals surface area contributed by atoms with E-state index in [1.165, 1.54) is 30.3 Å².